The van der Waals surface area contributed by atoms with Gasteiger partial charge >= 0.3 is 0 Å². The van der Waals surface area contributed by atoms with Crippen LogP contribution in [0.4, 0.5) is 0 Å². The first-order chi connectivity index (χ1) is 13.2. The number of ether oxygens (including phenoxy) is 1. The first-order valence-corrected chi connectivity index (χ1v) is 10.2. The van der Waals surface area contributed by atoms with Gasteiger partial charge in [-0.05, 0) is 25.3 Å². The molecule has 0 unspecified atom stereocenters. The third-order valence-corrected chi connectivity index (χ3v) is 5.20. The molecule has 0 spiro atoms. The standard InChI is InChI=1S/C23H34N2O3/c1-6-17(7-2)28-19-14-16(21(26)15-11-9-8-10-12-15)13-18(24)20(19)25-22(27)23(3,4)5/h8-12,14,17-20H,6-7,13,24H2,1-5H3,(H,25,27)/t18-,19+,20+/m0/s1. The van der Waals surface area contributed by atoms with Crippen molar-refractivity contribution in [3.8, 4) is 0 Å². The van der Waals surface area contributed by atoms with Crippen LogP contribution >= 0.6 is 0 Å². The van der Waals surface area contributed by atoms with E-state index < -0.39 is 17.6 Å². The maximum atomic E-state index is 12.9. The van der Waals surface area contributed by atoms with Crippen LogP contribution in [-0.4, -0.2) is 36.0 Å². The van der Waals surface area contributed by atoms with Gasteiger partial charge in [0.05, 0.1) is 18.2 Å². The van der Waals surface area contributed by atoms with Gasteiger partial charge in [0.25, 0.3) is 0 Å². The number of hydrogen-bond donors (Lipinski definition) is 2. The molecular weight excluding hydrogens is 352 g/mol. The van der Waals surface area contributed by atoms with Crippen molar-refractivity contribution in [1.82, 2.24) is 5.32 Å². The third-order valence-electron chi connectivity index (χ3n) is 5.20. The van der Waals surface area contributed by atoms with Crippen LogP contribution in [0.25, 0.3) is 0 Å². The molecule has 2 rings (SSSR count). The molecule has 3 atom stereocenters. The maximum Gasteiger partial charge on any atom is 0.225 e. The summed E-state index contributed by atoms with van der Waals surface area (Å²) in [5.41, 5.74) is 7.20. The predicted molar refractivity (Wildman–Crippen MR) is 112 cm³/mol. The normalized spacial score (nSPS) is 22.7. The fourth-order valence-electron chi connectivity index (χ4n) is 3.32. The Morgan fingerprint density at radius 1 is 1.18 bits per heavy atom. The molecule has 0 aliphatic heterocycles. The number of nitrogens with two attached hydrogens (primary N) is 1. The molecule has 5 nitrogen and oxygen atoms in total. The largest absolute Gasteiger partial charge is 0.369 e. The molecule has 0 heterocycles. The van der Waals surface area contributed by atoms with Gasteiger partial charge in [-0.3, -0.25) is 9.59 Å². The Bertz CT molecular complexity index is 702. The minimum atomic E-state index is -0.525. The SMILES string of the molecule is CCC(CC)O[C@@H]1C=C(C(=O)c2ccccc2)C[C@H](N)[C@H]1NC(=O)C(C)(C)C. The van der Waals surface area contributed by atoms with Gasteiger partial charge in [-0.25, -0.2) is 0 Å². The van der Waals surface area contributed by atoms with Crippen molar-refractivity contribution in [2.24, 2.45) is 11.1 Å². The molecule has 154 valence electrons. The molecule has 0 bridgehead atoms. The molecule has 1 aromatic carbocycles. The van der Waals surface area contributed by atoms with Crippen LogP contribution in [0.5, 0.6) is 0 Å². The van der Waals surface area contributed by atoms with Crippen molar-refractivity contribution < 1.29 is 14.3 Å². The highest BCUT2D eigenvalue weighted by Crippen LogP contribution is 2.26. The van der Waals surface area contributed by atoms with Crippen LogP contribution < -0.4 is 11.1 Å². The number of Topliss-reactive ketones (excluding diaryl/α,β-unsaturated/α-hetero) is 1. The topological polar surface area (TPSA) is 81.4 Å². The minimum absolute atomic E-state index is 0.0326. The highest BCUT2D eigenvalue weighted by atomic mass is 16.5. The molecule has 28 heavy (non-hydrogen) atoms. The van der Waals surface area contributed by atoms with E-state index in [1.165, 1.54) is 0 Å². The number of amides is 1. The Morgan fingerprint density at radius 3 is 2.32 bits per heavy atom. The summed E-state index contributed by atoms with van der Waals surface area (Å²) in [5.74, 6) is -0.105. The van der Waals surface area contributed by atoms with Gasteiger partial charge in [0.15, 0.2) is 5.78 Å². The smallest absolute Gasteiger partial charge is 0.225 e. The second-order valence-electron chi connectivity index (χ2n) is 8.54. The first-order valence-electron chi connectivity index (χ1n) is 10.2. The van der Waals surface area contributed by atoms with Gasteiger partial charge in [0.1, 0.15) is 0 Å². The molecule has 1 aromatic rings. The van der Waals surface area contributed by atoms with Gasteiger partial charge < -0.3 is 15.8 Å². The second kappa shape index (κ2) is 9.48. The number of benzene rings is 1. The summed E-state index contributed by atoms with van der Waals surface area (Å²) in [4.78, 5) is 25.5. The molecule has 1 amide bonds. The van der Waals surface area contributed by atoms with E-state index in [1.54, 1.807) is 12.1 Å². The summed E-state index contributed by atoms with van der Waals surface area (Å²) in [5, 5.41) is 3.07. The zero-order valence-corrected chi connectivity index (χ0v) is 17.7. The average Bonchev–Trinajstić information content (AvgIpc) is 2.67. The summed E-state index contributed by atoms with van der Waals surface area (Å²) < 4.78 is 6.28. The van der Waals surface area contributed by atoms with Gasteiger partial charge in [-0.15, -0.1) is 0 Å². The first kappa shape index (κ1) is 22.3. The minimum Gasteiger partial charge on any atom is -0.369 e. The highest BCUT2D eigenvalue weighted by Gasteiger charge is 2.37. The lowest BCUT2D eigenvalue weighted by molar-refractivity contribution is -0.131. The summed E-state index contributed by atoms with van der Waals surface area (Å²) >= 11 is 0. The Labute approximate surface area is 168 Å². The summed E-state index contributed by atoms with van der Waals surface area (Å²) in [6.07, 6.45) is 3.61. The fourth-order valence-corrected chi connectivity index (χ4v) is 3.32. The molecule has 0 saturated heterocycles. The molecule has 5 heteroatoms. The molecule has 0 radical (unpaired) electrons. The molecule has 0 fully saturated rings. The van der Waals surface area contributed by atoms with Crippen LogP contribution in [0, 0.1) is 5.41 Å². The number of rotatable bonds is 7. The average molecular weight is 387 g/mol. The van der Waals surface area contributed by atoms with E-state index in [2.05, 4.69) is 19.2 Å². The van der Waals surface area contributed by atoms with E-state index >= 15 is 0 Å². The van der Waals surface area contributed by atoms with Crippen LogP contribution in [0.3, 0.4) is 0 Å². The van der Waals surface area contributed by atoms with E-state index in [9.17, 15) is 9.59 Å². The lowest BCUT2D eigenvalue weighted by Crippen LogP contribution is -2.59. The third kappa shape index (κ3) is 5.52. The zero-order valence-electron chi connectivity index (χ0n) is 17.7. The van der Waals surface area contributed by atoms with Crippen molar-refractivity contribution in [3.63, 3.8) is 0 Å². The molecular formula is C23H34N2O3. The zero-order chi connectivity index (χ0) is 20.9. The fraction of sp³-hybridized carbons (Fsp3) is 0.565. The number of hydrogen-bond acceptors (Lipinski definition) is 4. The van der Waals surface area contributed by atoms with E-state index in [1.807, 2.05) is 45.0 Å². The predicted octanol–water partition coefficient (Wildman–Crippen LogP) is 3.63. The van der Waals surface area contributed by atoms with Crippen molar-refractivity contribution in [2.45, 2.75) is 78.2 Å². The number of carbonyl (C=O) groups is 2. The molecule has 1 aliphatic rings. The van der Waals surface area contributed by atoms with Gasteiger partial charge in [-0.1, -0.05) is 65.0 Å². The Hall–Kier alpha value is -1.98. The lowest BCUT2D eigenvalue weighted by atomic mass is 9.84. The van der Waals surface area contributed by atoms with Crippen LogP contribution in [0.2, 0.25) is 0 Å². The van der Waals surface area contributed by atoms with Crippen molar-refractivity contribution in [2.75, 3.05) is 0 Å². The Morgan fingerprint density at radius 2 is 1.79 bits per heavy atom. The van der Waals surface area contributed by atoms with Crippen molar-refractivity contribution in [1.29, 1.82) is 0 Å². The van der Waals surface area contributed by atoms with Crippen molar-refractivity contribution >= 4 is 11.7 Å². The van der Waals surface area contributed by atoms with Crippen LogP contribution in [0.15, 0.2) is 42.0 Å². The summed E-state index contributed by atoms with van der Waals surface area (Å²) in [7, 11) is 0. The van der Waals surface area contributed by atoms with Crippen molar-refractivity contribution in [3.05, 3.63) is 47.5 Å². The lowest BCUT2D eigenvalue weighted by Gasteiger charge is -2.38. The van der Waals surface area contributed by atoms with Gasteiger partial charge in [0.2, 0.25) is 5.91 Å². The molecule has 1 aliphatic carbocycles. The van der Waals surface area contributed by atoms with Gasteiger partial charge in [0, 0.05) is 22.6 Å². The summed E-state index contributed by atoms with van der Waals surface area (Å²) in [6, 6.07) is 8.44. The van der Waals surface area contributed by atoms with Crippen LogP contribution in [0.1, 0.15) is 64.2 Å². The summed E-state index contributed by atoms with van der Waals surface area (Å²) in [6.45, 7) is 9.74. The van der Waals surface area contributed by atoms with E-state index in [4.69, 9.17) is 10.5 Å². The number of ketones is 1. The molecule has 0 saturated carbocycles. The van der Waals surface area contributed by atoms with Crippen LogP contribution in [-0.2, 0) is 9.53 Å². The molecule has 3 N–H and O–H groups in total. The Kier molecular flexibility index (Phi) is 7.55. The van der Waals surface area contributed by atoms with E-state index in [0.29, 0.717) is 17.6 Å². The van der Waals surface area contributed by atoms with Gasteiger partial charge in [-0.2, -0.15) is 0 Å². The second-order valence-corrected chi connectivity index (χ2v) is 8.54. The highest BCUT2D eigenvalue weighted by molar-refractivity contribution is 6.08. The number of nitrogens with one attached hydrogen (secondary N) is 1. The number of carbonyl (C=O) groups excluding carboxylic acids is 2. The maximum absolute atomic E-state index is 12.9. The van der Waals surface area contributed by atoms with E-state index in [-0.39, 0.29) is 23.8 Å². The molecule has 0 aromatic heterocycles. The Balaban J connectivity index is 2.32. The van der Waals surface area contributed by atoms with E-state index in [0.717, 1.165) is 12.8 Å². The quantitative estimate of drug-likeness (QED) is 0.701. The monoisotopic (exact) mass is 386 g/mol.